The fourth-order valence-corrected chi connectivity index (χ4v) is 3.62. The van der Waals surface area contributed by atoms with E-state index in [4.69, 9.17) is 4.42 Å². The Morgan fingerprint density at radius 1 is 1.40 bits per heavy atom. The fraction of sp³-hybridized carbons (Fsp3) is 0.353. The number of amides is 2. The lowest BCUT2D eigenvalue weighted by atomic mass is 10.2. The molecule has 132 valence electrons. The summed E-state index contributed by atoms with van der Waals surface area (Å²) in [5.74, 6) is -0.432. The van der Waals surface area contributed by atoms with Gasteiger partial charge in [0.25, 0.3) is 0 Å². The maximum absolute atomic E-state index is 12.6. The molecule has 0 unspecified atom stereocenters. The van der Waals surface area contributed by atoms with Crippen molar-refractivity contribution >= 4 is 34.2 Å². The molecular formula is C17H20N4O3S. The molecule has 1 N–H and O–H groups in total. The maximum Gasteiger partial charge on any atom is 0.419 e. The van der Waals surface area contributed by atoms with Crippen molar-refractivity contribution in [1.82, 2.24) is 14.5 Å². The first-order valence-electron chi connectivity index (χ1n) is 7.85. The van der Waals surface area contributed by atoms with E-state index in [1.165, 1.54) is 4.57 Å². The van der Waals surface area contributed by atoms with Gasteiger partial charge in [0, 0.05) is 24.7 Å². The summed E-state index contributed by atoms with van der Waals surface area (Å²) >= 11 is 1.62. The van der Waals surface area contributed by atoms with Gasteiger partial charge in [0.15, 0.2) is 5.58 Å². The molecule has 3 rings (SSSR count). The lowest BCUT2D eigenvalue weighted by Gasteiger charge is -2.24. The van der Waals surface area contributed by atoms with Crippen molar-refractivity contribution in [2.45, 2.75) is 26.8 Å². The summed E-state index contributed by atoms with van der Waals surface area (Å²) in [5.41, 5.74) is 2.62. The van der Waals surface area contributed by atoms with E-state index in [2.05, 4.69) is 10.3 Å². The third-order valence-electron chi connectivity index (χ3n) is 4.28. The molecule has 0 radical (unpaired) electrons. The number of rotatable bonds is 3. The summed E-state index contributed by atoms with van der Waals surface area (Å²) in [6, 6.07) is 4.70. The first-order valence-corrected chi connectivity index (χ1v) is 8.67. The topological polar surface area (TPSA) is 80.4 Å². The first-order chi connectivity index (χ1) is 11.8. The second kappa shape index (κ2) is 6.36. The van der Waals surface area contributed by atoms with Gasteiger partial charge in [-0.1, -0.05) is 0 Å². The Bertz CT molecular complexity index is 1000. The number of aromatic nitrogens is 2. The second-order valence-electron chi connectivity index (χ2n) is 6.00. The summed E-state index contributed by atoms with van der Waals surface area (Å²) in [7, 11) is 3.36. The summed E-state index contributed by atoms with van der Waals surface area (Å²) < 4.78 is 6.50. The van der Waals surface area contributed by atoms with Crippen LogP contribution in [0, 0.1) is 13.8 Å². The van der Waals surface area contributed by atoms with Crippen molar-refractivity contribution in [1.29, 1.82) is 0 Å². The number of nitrogens with one attached hydrogen (secondary N) is 1. The van der Waals surface area contributed by atoms with Gasteiger partial charge < -0.3 is 14.6 Å². The molecular weight excluding hydrogens is 340 g/mol. The quantitative estimate of drug-likeness (QED) is 0.776. The number of thiazole rings is 1. The molecule has 2 aromatic heterocycles. The fourth-order valence-electron chi connectivity index (χ4n) is 2.71. The van der Waals surface area contributed by atoms with Gasteiger partial charge >= 0.3 is 11.8 Å². The smallest absolute Gasteiger partial charge is 0.408 e. The zero-order valence-corrected chi connectivity index (χ0v) is 15.6. The molecule has 1 atom stereocenters. The van der Waals surface area contributed by atoms with Gasteiger partial charge in [0.05, 0.1) is 22.3 Å². The number of carbonyl (C=O) groups excluding carboxylic acids is 1. The molecule has 0 spiro atoms. The van der Waals surface area contributed by atoms with E-state index in [0.29, 0.717) is 16.8 Å². The molecule has 0 saturated carbocycles. The van der Waals surface area contributed by atoms with Crippen LogP contribution in [0.15, 0.2) is 27.4 Å². The highest BCUT2D eigenvalue weighted by Gasteiger charge is 2.22. The zero-order chi connectivity index (χ0) is 18.3. The van der Waals surface area contributed by atoms with Crippen LogP contribution in [-0.2, 0) is 7.05 Å². The van der Waals surface area contributed by atoms with Crippen molar-refractivity contribution in [3.63, 3.8) is 0 Å². The van der Waals surface area contributed by atoms with Gasteiger partial charge in [-0.25, -0.2) is 14.6 Å². The predicted octanol–water partition coefficient (Wildman–Crippen LogP) is 3.43. The molecule has 3 aromatic rings. The molecule has 0 aliphatic carbocycles. The number of urea groups is 1. The van der Waals surface area contributed by atoms with Crippen LogP contribution < -0.4 is 11.1 Å². The summed E-state index contributed by atoms with van der Waals surface area (Å²) in [6.07, 6.45) is 0. The molecule has 7 nitrogen and oxygen atoms in total. The second-order valence-corrected chi connectivity index (χ2v) is 7.41. The first kappa shape index (κ1) is 17.2. The molecule has 0 aliphatic heterocycles. The van der Waals surface area contributed by atoms with Gasteiger partial charge in [-0.15, -0.1) is 11.3 Å². The number of hydrogen-bond donors (Lipinski definition) is 1. The lowest BCUT2D eigenvalue weighted by molar-refractivity contribution is 0.207. The average Bonchev–Trinajstić information content (AvgIpc) is 3.05. The molecule has 1 aromatic carbocycles. The molecule has 25 heavy (non-hydrogen) atoms. The Hall–Kier alpha value is -2.61. The minimum atomic E-state index is -0.432. The van der Waals surface area contributed by atoms with Gasteiger partial charge in [0.1, 0.15) is 0 Å². The Kier molecular flexibility index (Phi) is 4.38. The van der Waals surface area contributed by atoms with Crippen molar-refractivity contribution in [2.75, 3.05) is 12.4 Å². The molecule has 0 aliphatic rings. The maximum atomic E-state index is 12.6. The van der Waals surface area contributed by atoms with Crippen LogP contribution in [0.5, 0.6) is 0 Å². The number of nitrogens with zero attached hydrogens (tertiary/aromatic N) is 3. The highest BCUT2D eigenvalue weighted by Crippen LogP contribution is 2.26. The Balaban J connectivity index is 1.80. The number of fused-ring (bicyclic) bond motifs is 1. The van der Waals surface area contributed by atoms with Crippen molar-refractivity contribution in [3.05, 3.63) is 44.3 Å². The number of carbonyl (C=O) groups is 1. The number of hydrogen-bond acceptors (Lipinski definition) is 5. The lowest BCUT2D eigenvalue weighted by Crippen LogP contribution is -2.34. The van der Waals surface area contributed by atoms with Gasteiger partial charge in [-0.3, -0.25) is 4.57 Å². The average molecular weight is 360 g/mol. The molecule has 0 saturated heterocycles. The van der Waals surface area contributed by atoms with E-state index in [1.54, 1.807) is 48.5 Å². The van der Waals surface area contributed by atoms with Crippen LogP contribution in [0.3, 0.4) is 0 Å². The van der Waals surface area contributed by atoms with Gasteiger partial charge in [-0.2, -0.15) is 0 Å². The van der Waals surface area contributed by atoms with E-state index < -0.39 is 5.76 Å². The SMILES string of the molecule is Cc1nc([C@@H](C)N(C)C(=O)Nc2ccc3oc(=O)n(C)c3c2)c(C)s1. The van der Waals surface area contributed by atoms with E-state index in [1.807, 2.05) is 20.8 Å². The van der Waals surface area contributed by atoms with Crippen LogP contribution in [0.2, 0.25) is 0 Å². The third kappa shape index (κ3) is 3.17. The number of oxazole rings is 1. The molecule has 2 amide bonds. The Morgan fingerprint density at radius 3 is 2.76 bits per heavy atom. The van der Waals surface area contributed by atoms with Crippen LogP contribution in [0.1, 0.15) is 28.5 Å². The largest absolute Gasteiger partial charge is 0.419 e. The van der Waals surface area contributed by atoms with E-state index in [-0.39, 0.29) is 12.1 Å². The standard InChI is InChI=1S/C17H20N4O3S/c1-9(15-10(2)25-11(3)18-15)20(4)16(22)19-12-6-7-14-13(8-12)21(5)17(23)24-14/h6-9H,1-5H3,(H,19,22)/t9-/m1/s1. The molecule has 2 heterocycles. The molecule has 8 heteroatoms. The van der Waals surface area contributed by atoms with E-state index in [0.717, 1.165) is 15.6 Å². The van der Waals surface area contributed by atoms with Gasteiger partial charge in [0.2, 0.25) is 0 Å². The highest BCUT2D eigenvalue weighted by atomic mass is 32.1. The number of anilines is 1. The Labute approximate surface area is 148 Å². The minimum absolute atomic E-state index is 0.146. The predicted molar refractivity (Wildman–Crippen MR) is 98.2 cm³/mol. The van der Waals surface area contributed by atoms with Crippen LogP contribution in [-0.4, -0.2) is 27.5 Å². The van der Waals surface area contributed by atoms with Crippen molar-refractivity contribution < 1.29 is 9.21 Å². The molecule has 0 fully saturated rings. The normalized spacial score (nSPS) is 12.4. The number of aryl methyl sites for hydroxylation is 3. The van der Waals surface area contributed by atoms with Crippen LogP contribution >= 0.6 is 11.3 Å². The summed E-state index contributed by atoms with van der Waals surface area (Å²) in [6.45, 7) is 5.91. The summed E-state index contributed by atoms with van der Waals surface area (Å²) in [5, 5.41) is 3.84. The van der Waals surface area contributed by atoms with Crippen LogP contribution in [0.4, 0.5) is 10.5 Å². The number of benzene rings is 1. The minimum Gasteiger partial charge on any atom is -0.408 e. The van der Waals surface area contributed by atoms with Crippen molar-refractivity contribution in [3.8, 4) is 0 Å². The van der Waals surface area contributed by atoms with E-state index in [9.17, 15) is 9.59 Å². The van der Waals surface area contributed by atoms with Crippen LogP contribution in [0.25, 0.3) is 11.1 Å². The zero-order valence-electron chi connectivity index (χ0n) is 14.8. The van der Waals surface area contributed by atoms with E-state index >= 15 is 0 Å². The summed E-state index contributed by atoms with van der Waals surface area (Å²) in [4.78, 5) is 31.4. The van der Waals surface area contributed by atoms with Gasteiger partial charge in [-0.05, 0) is 39.0 Å². The highest BCUT2D eigenvalue weighted by molar-refractivity contribution is 7.11. The third-order valence-corrected chi connectivity index (χ3v) is 5.18. The monoisotopic (exact) mass is 360 g/mol. The Morgan fingerprint density at radius 2 is 2.12 bits per heavy atom. The van der Waals surface area contributed by atoms with Crippen molar-refractivity contribution in [2.24, 2.45) is 7.05 Å². The molecule has 0 bridgehead atoms.